The van der Waals surface area contributed by atoms with Crippen LogP contribution in [0.5, 0.6) is 0 Å². The Bertz CT molecular complexity index is 372. The van der Waals surface area contributed by atoms with E-state index < -0.39 is 5.97 Å². The van der Waals surface area contributed by atoms with Crippen LogP contribution in [0.4, 0.5) is 0 Å². The van der Waals surface area contributed by atoms with Gasteiger partial charge in [0.1, 0.15) is 0 Å². The second kappa shape index (κ2) is 7.25. The molecule has 2 aliphatic carbocycles. The van der Waals surface area contributed by atoms with Gasteiger partial charge in [-0.25, -0.2) is 0 Å². The molecule has 0 aromatic heterocycles. The number of aliphatic carboxylic acids is 1. The van der Waals surface area contributed by atoms with Crippen molar-refractivity contribution in [2.75, 3.05) is 13.2 Å². The van der Waals surface area contributed by atoms with Crippen molar-refractivity contribution in [1.82, 2.24) is 4.90 Å². The van der Waals surface area contributed by atoms with Crippen LogP contribution < -0.4 is 0 Å². The molecule has 2 saturated carbocycles. The maximum atomic E-state index is 12.6. The van der Waals surface area contributed by atoms with Crippen LogP contribution in [0.3, 0.4) is 0 Å². The van der Waals surface area contributed by atoms with E-state index in [9.17, 15) is 19.8 Å². The molecule has 0 atom stereocenters. The third-order valence-corrected chi connectivity index (χ3v) is 5.14. The van der Waals surface area contributed by atoms with E-state index in [1.54, 1.807) is 4.90 Å². The zero-order valence-corrected chi connectivity index (χ0v) is 12.7. The minimum Gasteiger partial charge on any atom is -0.481 e. The SMILES string of the molecule is O=C(O)CC1(CC(=O)N(CCO)C2CCC2)CCCCC1. The molecule has 2 fully saturated rings. The number of aliphatic hydroxyl groups excluding tert-OH is 1. The van der Waals surface area contributed by atoms with Crippen molar-refractivity contribution in [3.63, 3.8) is 0 Å². The first kappa shape index (κ1) is 16.3. The molecule has 0 bridgehead atoms. The maximum Gasteiger partial charge on any atom is 0.303 e. The van der Waals surface area contributed by atoms with E-state index >= 15 is 0 Å². The molecule has 0 spiro atoms. The Morgan fingerprint density at radius 2 is 1.71 bits per heavy atom. The van der Waals surface area contributed by atoms with Crippen LogP contribution in [0.2, 0.25) is 0 Å². The van der Waals surface area contributed by atoms with Crippen LogP contribution in [0.15, 0.2) is 0 Å². The van der Waals surface area contributed by atoms with Crippen LogP contribution in [-0.2, 0) is 9.59 Å². The first-order valence-electron chi connectivity index (χ1n) is 8.18. The number of carbonyl (C=O) groups is 2. The van der Waals surface area contributed by atoms with Crippen LogP contribution >= 0.6 is 0 Å². The van der Waals surface area contributed by atoms with Gasteiger partial charge in [0, 0.05) is 19.0 Å². The Morgan fingerprint density at radius 3 is 2.19 bits per heavy atom. The summed E-state index contributed by atoms with van der Waals surface area (Å²) < 4.78 is 0. The normalized spacial score (nSPS) is 21.6. The summed E-state index contributed by atoms with van der Waals surface area (Å²) in [5.74, 6) is -0.765. The fourth-order valence-corrected chi connectivity index (χ4v) is 3.78. The Hall–Kier alpha value is -1.10. The largest absolute Gasteiger partial charge is 0.481 e. The molecule has 0 aromatic rings. The molecule has 2 N–H and O–H groups in total. The molecule has 0 radical (unpaired) electrons. The number of amides is 1. The predicted octanol–water partition coefficient (Wildman–Crippen LogP) is 2.18. The van der Waals surface area contributed by atoms with E-state index in [1.807, 2.05) is 0 Å². The summed E-state index contributed by atoms with van der Waals surface area (Å²) in [5, 5.41) is 18.4. The minimum absolute atomic E-state index is 0.0197. The van der Waals surface area contributed by atoms with Crippen molar-refractivity contribution in [3.8, 4) is 0 Å². The fraction of sp³-hybridized carbons (Fsp3) is 0.875. The number of hydrogen-bond donors (Lipinski definition) is 2. The Kier molecular flexibility index (Phi) is 5.62. The first-order chi connectivity index (χ1) is 10.1. The monoisotopic (exact) mass is 297 g/mol. The Labute approximate surface area is 126 Å². The molecule has 120 valence electrons. The first-order valence-corrected chi connectivity index (χ1v) is 8.18. The van der Waals surface area contributed by atoms with Gasteiger partial charge in [-0.3, -0.25) is 9.59 Å². The molecule has 21 heavy (non-hydrogen) atoms. The van der Waals surface area contributed by atoms with E-state index in [1.165, 1.54) is 0 Å². The van der Waals surface area contributed by atoms with Crippen LogP contribution in [0, 0.1) is 5.41 Å². The van der Waals surface area contributed by atoms with Gasteiger partial charge in [-0.05, 0) is 37.5 Å². The van der Waals surface area contributed by atoms with Gasteiger partial charge < -0.3 is 15.1 Å². The van der Waals surface area contributed by atoms with Crippen molar-refractivity contribution < 1.29 is 19.8 Å². The molecule has 5 heteroatoms. The maximum absolute atomic E-state index is 12.6. The molecule has 2 aliphatic rings. The number of hydrogen-bond acceptors (Lipinski definition) is 3. The highest BCUT2D eigenvalue weighted by atomic mass is 16.4. The highest BCUT2D eigenvalue weighted by Crippen LogP contribution is 2.43. The van der Waals surface area contributed by atoms with Gasteiger partial charge in [0.2, 0.25) is 5.91 Å². The third-order valence-electron chi connectivity index (χ3n) is 5.14. The lowest BCUT2D eigenvalue weighted by Crippen LogP contribution is -2.47. The molecule has 0 aromatic carbocycles. The van der Waals surface area contributed by atoms with Crippen molar-refractivity contribution in [2.45, 2.75) is 70.3 Å². The highest BCUT2D eigenvalue weighted by molar-refractivity contribution is 5.78. The molecule has 1 amide bonds. The molecule has 5 nitrogen and oxygen atoms in total. The van der Waals surface area contributed by atoms with E-state index in [0.717, 1.165) is 51.4 Å². The molecule has 0 aliphatic heterocycles. The summed E-state index contributed by atoms with van der Waals surface area (Å²) in [5.41, 5.74) is -0.362. The van der Waals surface area contributed by atoms with Crippen LogP contribution in [0.25, 0.3) is 0 Å². The van der Waals surface area contributed by atoms with Gasteiger partial charge in [-0.15, -0.1) is 0 Å². The molecule has 2 rings (SSSR count). The van der Waals surface area contributed by atoms with Crippen LogP contribution in [0.1, 0.15) is 64.2 Å². The number of nitrogens with zero attached hydrogens (tertiary/aromatic N) is 1. The lowest BCUT2D eigenvalue weighted by Gasteiger charge is -2.41. The quantitative estimate of drug-likeness (QED) is 0.755. The summed E-state index contributed by atoms with van der Waals surface area (Å²) in [6, 6.07) is 0.259. The molecule has 0 saturated heterocycles. The van der Waals surface area contributed by atoms with Gasteiger partial charge in [-0.2, -0.15) is 0 Å². The summed E-state index contributed by atoms with van der Waals surface area (Å²) in [4.78, 5) is 25.6. The Balaban J connectivity index is 2.03. The second-order valence-electron chi connectivity index (χ2n) is 6.70. The number of carboxylic acid groups (broad SMARTS) is 1. The number of carboxylic acids is 1. The lowest BCUT2D eigenvalue weighted by atomic mass is 9.69. The highest BCUT2D eigenvalue weighted by Gasteiger charge is 2.39. The standard InChI is InChI=1S/C16H27NO4/c18-10-9-17(13-5-4-6-13)14(19)11-16(12-15(20)21)7-2-1-3-8-16/h13,18H,1-12H2,(H,20,21). The third kappa shape index (κ3) is 4.19. The predicted molar refractivity (Wildman–Crippen MR) is 78.8 cm³/mol. The molecular formula is C16H27NO4. The van der Waals surface area contributed by atoms with Gasteiger partial charge in [-0.1, -0.05) is 19.3 Å². The zero-order valence-electron chi connectivity index (χ0n) is 12.7. The number of aliphatic hydroxyl groups is 1. The van der Waals surface area contributed by atoms with Crippen molar-refractivity contribution >= 4 is 11.9 Å². The number of rotatable bonds is 7. The smallest absolute Gasteiger partial charge is 0.303 e. The molecular weight excluding hydrogens is 270 g/mol. The summed E-state index contributed by atoms with van der Waals surface area (Å²) in [6.45, 7) is 0.362. The van der Waals surface area contributed by atoms with Gasteiger partial charge in [0.05, 0.1) is 13.0 Å². The molecule has 0 unspecified atom stereocenters. The van der Waals surface area contributed by atoms with Crippen LogP contribution in [-0.4, -0.2) is 46.2 Å². The average molecular weight is 297 g/mol. The summed E-state index contributed by atoms with van der Waals surface area (Å²) >= 11 is 0. The van der Waals surface area contributed by atoms with Crippen molar-refractivity contribution in [3.05, 3.63) is 0 Å². The summed E-state index contributed by atoms with van der Waals surface area (Å²) in [7, 11) is 0. The van der Waals surface area contributed by atoms with Crippen molar-refractivity contribution in [1.29, 1.82) is 0 Å². The minimum atomic E-state index is -0.804. The lowest BCUT2D eigenvalue weighted by molar-refractivity contribution is -0.144. The topological polar surface area (TPSA) is 77.8 Å². The van der Waals surface area contributed by atoms with Gasteiger partial charge in [0.25, 0.3) is 0 Å². The molecule has 0 heterocycles. The van der Waals surface area contributed by atoms with Gasteiger partial charge >= 0.3 is 5.97 Å². The van der Waals surface area contributed by atoms with E-state index in [0.29, 0.717) is 13.0 Å². The zero-order chi connectivity index (χ0) is 15.3. The Morgan fingerprint density at radius 1 is 1.05 bits per heavy atom. The second-order valence-corrected chi connectivity index (χ2v) is 6.70. The number of carbonyl (C=O) groups excluding carboxylic acids is 1. The van der Waals surface area contributed by atoms with Gasteiger partial charge in [0.15, 0.2) is 0 Å². The van der Waals surface area contributed by atoms with Crippen molar-refractivity contribution in [2.24, 2.45) is 5.41 Å². The van der Waals surface area contributed by atoms with E-state index in [4.69, 9.17) is 0 Å². The fourth-order valence-electron chi connectivity index (χ4n) is 3.78. The van der Waals surface area contributed by atoms with E-state index in [2.05, 4.69) is 0 Å². The summed E-state index contributed by atoms with van der Waals surface area (Å²) in [6.07, 6.45) is 8.43. The average Bonchev–Trinajstić information content (AvgIpc) is 2.36. The van der Waals surface area contributed by atoms with E-state index in [-0.39, 0.29) is 30.4 Å².